The predicted octanol–water partition coefficient (Wildman–Crippen LogP) is 4.32. The van der Waals surface area contributed by atoms with E-state index in [9.17, 15) is 13.2 Å². The van der Waals surface area contributed by atoms with Crippen LogP contribution in [-0.2, 0) is 14.8 Å². The molecule has 0 atom stereocenters. The molecule has 0 saturated carbocycles. The molecule has 0 radical (unpaired) electrons. The van der Waals surface area contributed by atoms with Crippen molar-refractivity contribution in [3.8, 4) is 17.2 Å². The van der Waals surface area contributed by atoms with Crippen molar-refractivity contribution in [3.05, 3.63) is 48.0 Å². The number of methoxy groups -OCH3 is 2. The molecule has 2 aromatic rings. The van der Waals surface area contributed by atoms with Crippen LogP contribution in [0.5, 0.6) is 17.2 Å². The van der Waals surface area contributed by atoms with E-state index in [0.29, 0.717) is 41.6 Å². The summed E-state index contributed by atoms with van der Waals surface area (Å²) in [6, 6.07) is 9.85. The van der Waals surface area contributed by atoms with Gasteiger partial charge in [0, 0.05) is 25.2 Å². The minimum absolute atomic E-state index is 0.127. The van der Waals surface area contributed by atoms with E-state index in [0.717, 1.165) is 19.3 Å². The number of ether oxygens (including phenoxy) is 3. The maximum atomic E-state index is 13.1. The van der Waals surface area contributed by atoms with Gasteiger partial charge >= 0.3 is 0 Å². The summed E-state index contributed by atoms with van der Waals surface area (Å²) in [5.41, 5.74) is 1.01. The molecule has 1 aliphatic rings. The molecule has 0 spiro atoms. The Bertz CT molecular complexity index is 1120. The van der Waals surface area contributed by atoms with Gasteiger partial charge in [-0.25, -0.2) is 8.42 Å². The second kappa shape index (κ2) is 11.4. The largest absolute Gasteiger partial charge is 0.497 e. The van der Waals surface area contributed by atoms with Crippen LogP contribution in [0.3, 0.4) is 0 Å². The van der Waals surface area contributed by atoms with E-state index in [2.05, 4.69) is 5.32 Å². The van der Waals surface area contributed by atoms with Crippen molar-refractivity contribution in [3.63, 3.8) is 0 Å². The molecule has 1 aliphatic heterocycles. The Kier molecular flexibility index (Phi) is 8.57. The van der Waals surface area contributed by atoms with Gasteiger partial charge in [0.1, 0.15) is 17.2 Å². The Balaban J connectivity index is 1.86. The molecule has 1 N–H and O–H groups in total. The number of rotatable bonds is 9. The van der Waals surface area contributed by atoms with Gasteiger partial charge in [-0.05, 0) is 68.7 Å². The van der Waals surface area contributed by atoms with Gasteiger partial charge in [-0.15, -0.1) is 0 Å². The summed E-state index contributed by atoms with van der Waals surface area (Å²) in [5, 5.41) is 2.76. The van der Waals surface area contributed by atoms with Crippen LogP contribution in [-0.4, -0.2) is 52.0 Å². The predicted molar refractivity (Wildman–Crippen MR) is 132 cm³/mol. The van der Waals surface area contributed by atoms with Crippen molar-refractivity contribution in [2.24, 2.45) is 0 Å². The number of amides is 1. The fourth-order valence-corrected chi connectivity index (χ4v) is 5.19. The van der Waals surface area contributed by atoms with Crippen LogP contribution in [0.1, 0.15) is 38.7 Å². The highest BCUT2D eigenvalue weighted by Gasteiger charge is 2.27. The van der Waals surface area contributed by atoms with Crippen LogP contribution in [0.2, 0.25) is 0 Å². The molecule has 1 amide bonds. The smallest absolute Gasteiger partial charge is 0.248 e. The van der Waals surface area contributed by atoms with Crippen LogP contribution in [0.15, 0.2) is 47.4 Å². The Morgan fingerprint density at radius 2 is 1.65 bits per heavy atom. The molecule has 2 aromatic carbocycles. The quantitative estimate of drug-likeness (QED) is 0.529. The highest BCUT2D eigenvalue weighted by Crippen LogP contribution is 2.31. The Hall–Kier alpha value is -3.04. The van der Waals surface area contributed by atoms with Crippen LogP contribution in [0.4, 0.5) is 5.69 Å². The first kappa shape index (κ1) is 25.6. The first-order valence-electron chi connectivity index (χ1n) is 11.3. The zero-order valence-corrected chi connectivity index (χ0v) is 20.9. The second-order valence-electron chi connectivity index (χ2n) is 8.26. The highest BCUT2D eigenvalue weighted by atomic mass is 32.2. The number of carbonyl (C=O) groups excluding carboxylic acids is 1. The average Bonchev–Trinajstić information content (AvgIpc) is 2.83. The van der Waals surface area contributed by atoms with E-state index in [-0.39, 0.29) is 11.0 Å². The molecule has 1 saturated heterocycles. The maximum absolute atomic E-state index is 13.1. The molecule has 0 unspecified atom stereocenters. The number of carbonyl (C=O) groups is 1. The third kappa shape index (κ3) is 6.51. The van der Waals surface area contributed by atoms with E-state index in [1.54, 1.807) is 44.6 Å². The van der Waals surface area contributed by atoms with Crippen molar-refractivity contribution < 1.29 is 27.4 Å². The Morgan fingerprint density at radius 1 is 1.00 bits per heavy atom. The van der Waals surface area contributed by atoms with E-state index >= 15 is 0 Å². The monoisotopic (exact) mass is 488 g/mol. The Labute approximate surface area is 201 Å². The van der Waals surface area contributed by atoms with Gasteiger partial charge in [-0.3, -0.25) is 4.79 Å². The van der Waals surface area contributed by atoms with Gasteiger partial charge in [-0.1, -0.05) is 6.42 Å². The molecule has 0 bridgehead atoms. The minimum Gasteiger partial charge on any atom is -0.497 e. The van der Waals surface area contributed by atoms with Crippen LogP contribution in [0, 0.1) is 0 Å². The lowest BCUT2D eigenvalue weighted by Gasteiger charge is -2.26. The normalized spacial score (nSPS) is 14.9. The summed E-state index contributed by atoms with van der Waals surface area (Å²) in [7, 11) is -0.552. The summed E-state index contributed by atoms with van der Waals surface area (Å²) in [5.74, 6) is 1.17. The van der Waals surface area contributed by atoms with Crippen molar-refractivity contribution in [1.29, 1.82) is 0 Å². The summed E-state index contributed by atoms with van der Waals surface area (Å²) in [6.45, 7) is 4.72. The lowest BCUT2D eigenvalue weighted by Crippen LogP contribution is -2.35. The fraction of sp³-hybridized carbons (Fsp3) is 0.400. The zero-order valence-electron chi connectivity index (χ0n) is 20.0. The van der Waals surface area contributed by atoms with E-state index < -0.39 is 15.9 Å². The second-order valence-corrected chi connectivity index (χ2v) is 10.2. The lowest BCUT2D eigenvalue weighted by molar-refractivity contribution is -0.111. The molecule has 9 heteroatoms. The number of hydrogen-bond donors (Lipinski definition) is 1. The summed E-state index contributed by atoms with van der Waals surface area (Å²) in [4.78, 5) is 12.8. The number of hydrogen-bond acceptors (Lipinski definition) is 6. The lowest BCUT2D eigenvalue weighted by atomic mass is 10.2. The average molecular weight is 489 g/mol. The first-order chi connectivity index (χ1) is 16.2. The van der Waals surface area contributed by atoms with Crippen LogP contribution >= 0.6 is 0 Å². The van der Waals surface area contributed by atoms with Gasteiger partial charge in [0.2, 0.25) is 15.9 Å². The first-order valence-corrected chi connectivity index (χ1v) is 12.7. The summed E-state index contributed by atoms with van der Waals surface area (Å²) < 4.78 is 44.1. The number of nitrogens with one attached hydrogen (secondary N) is 1. The molecule has 34 heavy (non-hydrogen) atoms. The van der Waals surface area contributed by atoms with Gasteiger partial charge in [0.05, 0.1) is 30.9 Å². The minimum atomic E-state index is -3.66. The summed E-state index contributed by atoms with van der Waals surface area (Å²) >= 11 is 0. The van der Waals surface area contributed by atoms with Crippen molar-refractivity contribution in [2.45, 2.75) is 44.1 Å². The van der Waals surface area contributed by atoms with Crippen molar-refractivity contribution >= 4 is 27.7 Å². The number of anilines is 1. The highest BCUT2D eigenvalue weighted by molar-refractivity contribution is 7.89. The third-order valence-electron chi connectivity index (χ3n) is 5.33. The molecule has 184 valence electrons. The topological polar surface area (TPSA) is 94.2 Å². The van der Waals surface area contributed by atoms with E-state index in [1.807, 2.05) is 13.8 Å². The standard InChI is InChI=1S/C25H32N2O6S/c1-18(2)33-24-10-9-22(34(29,30)27-12-6-5-7-13-27)17-23(24)26-25(28)11-8-19-14-20(31-3)16-21(15-19)32-4/h8-11,14-18H,5-7,12-13H2,1-4H3,(H,26,28)/b11-8+. The molecule has 0 aliphatic carbocycles. The molecular weight excluding hydrogens is 456 g/mol. The van der Waals surface area contributed by atoms with E-state index in [1.165, 1.54) is 22.5 Å². The SMILES string of the molecule is COc1cc(/C=C/C(=O)Nc2cc(S(=O)(=O)N3CCCCC3)ccc2OC(C)C)cc(OC)c1. The zero-order chi connectivity index (χ0) is 24.7. The Morgan fingerprint density at radius 3 is 2.24 bits per heavy atom. The molecule has 8 nitrogen and oxygen atoms in total. The fourth-order valence-electron chi connectivity index (χ4n) is 3.65. The van der Waals surface area contributed by atoms with Crippen LogP contribution < -0.4 is 19.5 Å². The molecule has 0 aromatic heterocycles. The molecule has 3 rings (SSSR count). The van der Waals surface area contributed by atoms with Crippen molar-refractivity contribution in [1.82, 2.24) is 4.31 Å². The van der Waals surface area contributed by atoms with E-state index in [4.69, 9.17) is 14.2 Å². The summed E-state index contributed by atoms with van der Waals surface area (Å²) in [6.07, 6.45) is 5.55. The van der Waals surface area contributed by atoms with Gasteiger partial charge in [-0.2, -0.15) is 4.31 Å². The number of sulfonamides is 1. The van der Waals surface area contributed by atoms with Gasteiger partial charge in [0.15, 0.2) is 0 Å². The van der Waals surface area contributed by atoms with Gasteiger partial charge < -0.3 is 19.5 Å². The molecule has 1 fully saturated rings. The number of piperidine rings is 1. The van der Waals surface area contributed by atoms with Crippen molar-refractivity contribution in [2.75, 3.05) is 32.6 Å². The maximum Gasteiger partial charge on any atom is 0.248 e. The third-order valence-corrected chi connectivity index (χ3v) is 7.22. The number of benzene rings is 2. The van der Waals surface area contributed by atoms with Crippen LogP contribution in [0.25, 0.3) is 6.08 Å². The molecular formula is C25H32N2O6S. The molecule has 1 heterocycles. The number of nitrogens with zero attached hydrogens (tertiary/aromatic N) is 1. The van der Waals surface area contributed by atoms with Gasteiger partial charge in [0.25, 0.3) is 0 Å².